The summed E-state index contributed by atoms with van der Waals surface area (Å²) >= 11 is 0. The summed E-state index contributed by atoms with van der Waals surface area (Å²) in [7, 11) is 0. The fourth-order valence-electron chi connectivity index (χ4n) is 2.69. The third-order valence-corrected chi connectivity index (χ3v) is 3.93. The van der Waals surface area contributed by atoms with Crippen molar-refractivity contribution in [2.45, 2.75) is 26.4 Å². The van der Waals surface area contributed by atoms with E-state index in [1.165, 1.54) is 0 Å². The van der Waals surface area contributed by atoms with Crippen LogP contribution in [0.4, 0.5) is 5.69 Å². The van der Waals surface area contributed by atoms with Gasteiger partial charge in [0.25, 0.3) is 0 Å². The van der Waals surface area contributed by atoms with Gasteiger partial charge in [0.2, 0.25) is 5.91 Å². The summed E-state index contributed by atoms with van der Waals surface area (Å²) in [4.78, 5) is 18.4. The molecule has 4 nitrogen and oxygen atoms in total. The van der Waals surface area contributed by atoms with Crippen LogP contribution in [0, 0.1) is 0 Å². The van der Waals surface area contributed by atoms with Gasteiger partial charge in [-0.2, -0.15) is 0 Å². The van der Waals surface area contributed by atoms with Crippen LogP contribution in [-0.2, 0) is 17.9 Å². The molecule has 0 spiro atoms. The van der Waals surface area contributed by atoms with Gasteiger partial charge in [-0.05, 0) is 23.3 Å². The first-order valence-electron chi connectivity index (χ1n) is 8.15. The van der Waals surface area contributed by atoms with Crippen molar-refractivity contribution < 1.29 is 4.79 Å². The maximum atomic E-state index is 12.5. The molecule has 4 heteroatoms. The Morgan fingerprint density at radius 3 is 2.58 bits per heavy atom. The maximum absolute atomic E-state index is 12.5. The normalized spacial score (nSPS) is 10.5. The monoisotopic (exact) mass is 319 g/mol. The molecule has 1 heterocycles. The molecule has 1 aromatic heterocycles. The number of hydrogen-bond donors (Lipinski definition) is 0. The van der Waals surface area contributed by atoms with E-state index >= 15 is 0 Å². The van der Waals surface area contributed by atoms with E-state index in [1.54, 1.807) is 12.5 Å². The molecular formula is C20H21N3O. The summed E-state index contributed by atoms with van der Waals surface area (Å²) in [5.41, 5.74) is 3.20. The number of rotatable bonds is 6. The van der Waals surface area contributed by atoms with Crippen molar-refractivity contribution in [1.82, 2.24) is 9.55 Å². The van der Waals surface area contributed by atoms with Crippen molar-refractivity contribution in [2.24, 2.45) is 0 Å². The molecule has 0 bridgehead atoms. The van der Waals surface area contributed by atoms with Gasteiger partial charge < -0.3 is 9.47 Å². The van der Waals surface area contributed by atoms with E-state index in [1.807, 2.05) is 65.1 Å². The zero-order valence-electron chi connectivity index (χ0n) is 13.8. The quantitative estimate of drug-likeness (QED) is 0.691. The van der Waals surface area contributed by atoms with Crippen LogP contribution in [0.3, 0.4) is 0 Å². The summed E-state index contributed by atoms with van der Waals surface area (Å²) in [6.07, 6.45) is 5.99. The highest BCUT2D eigenvalue weighted by molar-refractivity contribution is 5.93. The number of aromatic nitrogens is 2. The largest absolute Gasteiger partial charge is 0.333 e. The summed E-state index contributed by atoms with van der Waals surface area (Å²) < 4.78 is 2.02. The topological polar surface area (TPSA) is 38.1 Å². The molecule has 0 saturated carbocycles. The second kappa shape index (κ2) is 7.59. The fraction of sp³-hybridized carbons (Fsp3) is 0.200. The van der Waals surface area contributed by atoms with E-state index in [4.69, 9.17) is 0 Å². The minimum atomic E-state index is 0.124. The van der Waals surface area contributed by atoms with E-state index in [0.717, 1.165) is 23.4 Å². The highest BCUT2D eigenvalue weighted by atomic mass is 16.2. The molecule has 0 aliphatic rings. The van der Waals surface area contributed by atoms with Crippen LogP contribution in [0.15, 0.2) is 73.3 Å². The highest BCUT2D eigenvalue weighted by Gasteiger charge is 2.15. The number of amides is 1. The van der Waals surface area contributed by atoms with Crippen LogP contribution in [0.1, 0.15) is 24.5 Å². The molecule has 2 aromatic carbocycles. The molecule has 0 unspecified atom stereocenters. The lowest BCUT2D eigenvalue weighted by Gasteiger charge is -2.23. The Labute approximate surface area is 142 Å². The summed E-state index contributed by atoms with van der Waals surface area (Å²) in [5, 5.41) is 0. The fourth-order valence-corrected chi connectivity index (χ4v) is 2.69. The molecule has 0 aliphatic heterocycles. The van der Waals surface area contributed by atoms with Crippen molar-refractivity contribution in [2.75, 3.05) is 4.90 Å². The number of nitrogens with zero attached hydrogens (tertiary/aromatic N) is 3. The number of anilines is 1. The van der Waals surface area contributed by atoms with Crippen LogP contribution in [0.25, 0.3) is 0 Å². The lowest BCUT2D eigenvalue weighted by Crippen LogP contribution is -2.29. The molecule has 3 aromatic rings. The number of benzene rings is 2. The molecule has 0 radical (unpaired) electrons. The van der Waals surface area contributed by atoms with Gasteiger partial charge in [0.1, 0.15) is 0 Å². The predicted molar refractivity (Wildman–Crippen MR) is 95.7 cm³/mol. The molecule has 0 fully saturated rings. The van der Waals surface area contributed by atoms with E-state index in [2.05, 4.69) is 17.1 Å². The summed E-state index contributed by atoms with van der Waals surface area (Å²) in [6.45, 7) is 3.23. The van der Waals surface area contributed by atoms with E-state index in [-0.39, 0.29) is 5.91 Å². The van der Waals surface area contributed by atoms with Gasteiger partial charge in [0.05, 0.1) is 12.9 Å². The number of imidazole rings is 1. The molecule has 3 rings (SSSR count). The van der Waals surface area contributed by atoms with E-state index in [0.29, 0.717) is 13.0 Å². The summed E-state index contributed by atoms with van der Waals surface area (Å²) in [6, 6.07) is 18.2. The zero-order valence-corrected chi connectivity index (χ0v) is 13.8. The van der Waals surface area contributed by atoms with Crippen molar-refractivity contribution >= 4 is 11.6 Å². The Kier molecular flexibility index (Phi) is 5.06. The van der Waals surface area contributed by atoms with Gasteiger partial charge in [0, 0.05) is 31.0 Å². The van der Waals surface area contributed by atoms with Crippen LogP contribution in [-0.4, -0.2) is 15.5 Å². The van der Waals surface area contributed by atoms with Gasteiger partial charge in [-0.1, -0.05) is 49.4 Å². The van der Waals surface area contributed by atoms with Gasteiger partial charge in [-0.15, -0.1) is 0 Å². The predicted octanol–water partition coefficient (Wildman–Crippen LogP) is 3.87. The molecule has 24 heavy (non-hydrogen) atoms. The highest BCUT2D eigenvalue weighted by Crippen LogP contribution is 2.20. The van der Waals surface area contributed by atoms with Gasteiger partial charge in [-0.3, -0.25) is 4.79 Å². The SMILES string of the molecule is CCC(=O)N(Cc1ccccc1)c1cccc(Cn2ccnc2)c1. The standard InChI is InChI=1S/C20H21N3O/c1-2-20(24)23(15-17-7-4-3-5-8-17)19-10-6-9-18(13-19)14-22-12-11-21-16-22/h3-13,16H,2,14-15H2,1H3. The average Bonchev–Trinajstić information content (AvgIpc) is 3.13. The van der Waals surface area contributed by atoms with Gasteiger partial charge in [0.15, 0.2) is 0 Å². The van der Waals surface area contributed by atoms with Gasteiger partial charge >= 0.3 is 0 Å². The van der Waals surface area contributed by atoms with Crippen molar-refractivity contribution in [3.8, 4) is 0 Å². The zero-order chi connectivity index (χ0) is 16.8. The molecule has 1 amide bonds. The number of carbonyl (C=O) groups excluding carboxylic acids is 1. The first-order chi connectivity index (χ1) is 11.8. The molecule has 122 valence electrons. The summed E-state index contributed by atoms with van der Waals surface area (Å²) in [5.74, 6) is 0.124. The third kappa shape index (κ3) is 3.90. The Bertz CT molecular complexity index is 782. The first-order valence-corrected chi connectivity index (χ1v) is 8.15. The Hall–Kier alpha value is -2.88. The Morgan fingerprint density at radius 2 is 1.88 bits per heavy atom. The minimum Gasteiger partial charge on any atom is -0.333 e. The van der Waals surface area contributed by atoms with Crippen LogP contribution < -0.4 is 4.90 Å². The minimum absolute atomic E-state index is 0.124. The first kappa shape index (κ1) is 16.0. The Morgan fingerprint density at radius 1 is 1.08 bits per heavy atom. The van der Waals surface area contributed by atoms with Crippen molar-refractivity contribution in [1.29, 1.82) is 0 Å². The lowest BCUT2D eigenvalue weighted by atomic mass is 10.1. The lowest BCUT2D eigenvalue weighted by molar-refractivity contribution is -0.118. The molecular weight excluding hydrogens is 298 g/mol. The second-order valence-corrected chi connectivity index (χ2v) is 5.72. The number of hydrogen-bond acceptors (Lipinski definition) is 2. The molecule has 0 aliphatic carbocycles. The average molecular weight is 319 g/mol. The smallest absolute Gasteiger partial charge is 0.227 e. The van der Waals surface area contributed by atoms with Crippen LogP contribution >= 0.6 is 0 Å². The van der Waals surface area contributed by atoms with Crippen LogP contribution in [0.5, 0.6) is 0 Å². The Balaban J connectivity index is 1.85. The van der Waals surface area contributed by atoms with Crippen molar-refractivity contribution in [3.05, 3.63) is 84.4 Å². The molecule has 0 saturated heterocycles. The van der Waals surface area contributed by atoms with Crippen LogP contribution in [0.2, 0.25) is 0 Å². The van der Waals surface area contributed by atoms with Gasteiger partial charge in [-0.25, -0.2) is 4.98 Å². The molecule has 0 N–H and O–H groups in total. The van der Waals surface area contributed by atoms with E-state index in [9.17, 15) is 4.79 Å². The number of carbonyl (C=O) groups is 1. The van der Waals surface area contributed by atoms with E-state index < -0.39 is 0 Å². The molecule has 0 atom stereocenters. The second-order valence-electron chi connectivity index (χ2n) is 5.72. The maximum Gasteiger partial charge on any atom is 0.227 e. The van der Waals surface area contributed by atoms with Crippen molar-refractivity contribution in [3.63, 3.8) is 0 Å². The third-order valence-electron chi connectivity index (χ3n) is 3.93.